The van der Waals surface area contributed by atoms with Crippen molar-refractivity contribution < 1.29 is 19.1 Å². The number of nitrogens with zero attached hydrogens (tertiary/aromatic N) is 1. The molecule has 1 aliphatic carbocycles. The van der Waals surface area contributed by atoms with E-state index in [1.807, 2.05) is 0 Å². The maximum absolute atomic E-state index is 12.6. The molecule has 0 bridgehead atoms. The van der Waals surface area contributed by atoms with E-state index in [1.165, 1.54) is 7.11 Å². The molecule has 1 aromatic carbocycles. The maximum atomic E-state index is 12.6. The van der Waals surface area contributed by atoms with E-state index >= 15 is 0 Å². The van der Waals surface area contributed by atoms with Crippen molar-refractivity contribution in [3.63, 3.8) is 0 Å². The summed E-state index contributed by atoms with van der Waals surface area (Å²) in [4.78, 5) is 26.9. The maximum Gasteiger partial charge on any atom is 0.254 e. The van der Waals surface area contributed by atoms with Gasteiger partial charge in [0.05, 0.1) is 31.4 Å². The normalized spacial score (nSPS) is 24.6. The Labute approximate surface area is 156 Å². The van der Waals surface area contributed by atoms with Crippen LogP contribution in [-0.4, -0.2) is 54.5 Å². The molecule has 1 heterocycles. The van der Waals surface area contributed by atoms with E-state index in [9.17, 15) is 9.59 Å². The Balaban J connectivity index is 1.81. The lowest BCUT2D eigenvalue weighted by Gasteiger charge is -2.27. The molecule has 1 aliphatic heterocycles. The van der Waals surface area contributed by atoms with Gasteiger partial charge in [0.1, 0.15) is 10.1 Å². The van der Waals surface area contributed by atoms with Gasteiger partial charge < -0.3 is 19.7 Å². The van der Waals surface area contributed by atoms with E-state index in [-0.39, 0.29) is 11.8 Å². The fourth-order valence-corrected chi connectivity index (χ4v) is 3.50. The Hall–Kier alpha value is -1.50. The van der Waals surface area contributed by atoms with Crippen molar-refractivity contribution in [1.29, 1.82) is 0 Å². The molecule has 25 heavy (non-hydrogen) atoms. The van der Waals surface area contributed by atoms with Gasteiger partial charge in [-0.2, -0.15) is 0 Å². The Morgan fingerprint density at radius 2 is 1.92 bits per heavy atom. The van der Waals surface area contributed by atoms with Crippen LogP contribution < -0.4 is 10.1 Å². The number of anilines is 1. The molecule has 1 saturated carbocycles. The summed E-state index contributed by atoms with van der Waals surface area (Å²) < 4.78 is 9.49. The molecule has 0 radical (unpaired) electrons. The van der Waals surface area contributed by atoms with Gasteiger partial charge in [0.25, 0.3) is 5.91 Å². The monoisotopic (exact) mass is 386 g/mol. The number of hydrogen-bond acceptors (Lipinski definition) is 4. The number of amides is 2. The standard InChI is InChI=1S/C17H20Cl2N2O4/c1-16(10-17(16,18)19)15(23)20-12-9-11(3-4-13(12)24-2)14(22)21-5-7-25-8-6-21/h3-4,9H,5-8,10H2,1-2H3,(H,20,23). The highest BCUT2D eigenvalue weighted by Gasteiger charge is 2.68. The summed E-state index contributed by atoms with van der Waals surface area (Å²) in [6, 6.07) is 4.95. The van der Waals surface area contributed by atoms with Crippen molar-refractivity contribution in [2.45, 2.75) is 17.7 Å². The lowest BCUT2D eigenvalue weighted by Crippen LogP contribution is -2.40. The van der Waals surface area contributed by atoms with Crippen LogP contribution in [0.15, 0.2) is 18.2 Å². The Bertz CT molecular complexity index is 704. The van der Waals surface area contributed by atoms with Gasteiger partial charge in [-0.25, -0.2) is 0 Å². The second kappa shape index (κ2) is 6.67. The molecule has 1 atom stereocenters. The number of methoxy groups -OCH3 is 1. The van der Waals surface area contributed by atoms with Gasteiger partial charge in [0.15, 0.2) is 0 Å². The summed E-state index contributed by atoms with van der Waals surface area (Å²) in [5.41, 5.74) is 0.0385. The number of carbonyl (C=O) groups excluding carboxylic acids is 2. The van der Waals surface area contributed by atoms with Crippen LogP contribution >= 0.6 is 23.2 Å². The molecule has 2 amide bonds. The zero-order valence-corrected chi connectivity index (χ0v) is 15.6. The number of hydrogen-bond donors (Lipinski definition) is 1. The van der Waals surface area contributed by atoms with Gasteiger partial charge in [0.2, 0.25) is 5.91 Å². The van der Waals surface area contributed by atoms with Gasteiger partial charge in [-0.05, 0) is 31.5 Å². The third kappa shape index (κ3) is 3.43. The molecule has 1 saturated heterocycles. The van der Waals surface area contributed by atoms with Crippen molar-refractivity contribution in [2.24, 2.45) is 5.41 Å². The number of nitrogens with one attached hydrogen (secondary N) is 1. The SMILES string of the molecule is COc1ccc(C(=O)N2CCOCC2)cc1NC(=O)C1(C)CC1(Cl)Cl. The molecule has 1 unspecified atom stereocenters. The van der Waals surface area contributed by atoms with Crippen LogP contribution in [0.3, 0.4) is 0 Å². The van der Waals surface area contributed by atoms with Crippen LogP contribution in [0.4, 0.5) is 5.69 Å². The van der Waals surface area contributed by atoms with Gasteiger partial charge in [-0.15, -0.1) is 23.2 Å². The summed E-state index contributed by atoms with van der Waals surface area (Å²) in [5, 5.41) is 2.79. The van der Waals surface area contributed by atoms with Gasteiger partial charge in [0, 0.05) is 18.7 Å². The Kier molecular flexibility index (Phi) is 4.88. The molecular formula is C17H20Cl2N2O4. The third-order valence-electron chi connectivity index (χ3n) is 4.75. The third-order valence-corrected chi connectivity index (χ3v) is 5.85. The van der Waals surface area contributed by atoms with Crippen molar-refractivity contribution in [2.75, 3.05) is 38.7 Å². The Morgan fingerprint density at radius 3 is 2.48 bits per heavy atom. The number of halogens is 2. The van der Waals surface area contributed by atoms with Gasteiger partial charge in [-0.1, -0.05) is 0 Å². The summed E-state index contributed by atoms with van der Waals surface area (Å²) in [6.07, 6.45) is 0.379. The highest BCUT2D eigenvalue weighted by molar-refractivity contribution is 6.53. The first-order valence-electron chi connectivity index (χ1n) is 8.03. The fraction of sp³-hybridized carbons (Fsp3) is 0.529. The number of alkyl halides is 2. The number of rotatable bonds is 4. The van der Waals surface area contributed by atoms with Crippen molar-refractivity contribution in [1.82, 2.24) is 4.90 Å². The number of morpholine rings is 1. The van der Waals surface area contributed by atoms with Crippen LogP contribution in [0.25, 0.3) is 0 Å². The largest absolute Gasteiger partial charge is 0.495 e. The molecule has 2 aliphatic rings. The first kappa shape index (κ1) is 18.3. The molecule has 2 fully saturated rings. The zero-order valence-electron chi connectivity index (χ0n) is 14.1. The van der Waals surface area contributed by atoms with Gasteiger partial charge >= 0.3 is 0 Å². The number of ether oxygens (including phenoxy) is 2. The molecule has 3 rings (SSSR count). The van der Waals surface area contributed by atoms with Crippen LogP contribution in [0.1, 0.15) is 23.7 Å². The van der Waals surface area contributed by atoms with E-state index in [0.717, 1.165) is 0 Å². The Morgan fingerprint density at radius 1 is 1.28 bits per heavy atom. The molecule has 1 aromatic rings. The summed E-state index contributed by atoms with van der Waals surface area (Å²) >= 11 is 12.1. The van der Waals surface area contributed by atoms with Crippen LogP contribution in [-0.2, 0) is 9.53 Å². The van der Waals surface area contributed by atoms with E-state index in [0.29, 0.717) is 49.7 Å². The first-order valence-corrected chi connectivity index (χ1v) is 8.78. The van der Waals surface area contributed by atoms with Crippen molar-refractivity contribution >= 4 is 40.7 Å². The second-order valence-electron chi connectivity index (χ2n) is 6.49. The predicted molar refractivity (Wildman–Crippen MR) is 95.5 cm³/mol. The summed E-state index contributed by atoms with van der Waals surface area (Å²) in [5.74, 6) is 0.0563. The smallest absolute Gasteiger partial charge is 0.254 e. The minimum absolute atomic E-state index is 0.108. The molecule has 1 N–H and O–H groups in total. The summed E-state index contributed by atoms with van der Waals surface area (Å²) in [6.45, 7) is 3.85. The molecule has 6 nitrogen and oxygen atoms in total. The van der Waals surface area contributed by atoms with E-state index in [4.69, 9.17) is 32.7 Å². The lowest BCUT2D eigenvalue weighted by molar-refractivity contribution is -0.120. The fourth-order valence-electron chi connectivity index (χ4n) is 2.79. The van der Waals surface area contributed by atoms with E-state index in [2.05, 4.69) is 5.32 Å². The minimum atomic E-state index is -1.06. The minimum Gasteiger partial charge on any atom is -0.495 e. The summed E-state index contributed by atoms with van der Waals surface area (Å²) in [7, 11) is 1.50. The number of benzene rings is 1. The molecule has 0 spiro atoms. The van der Waals surface area contributed by atoms with E-state index in [1.54, 1.807) is 30.0 Å². The first-order chi connectivity index (χ1) is 11.8. The average molecular weight is 387 g/mol. The highest BCUT2D eigenvalue weighted by atomic mass is 35.5. The second-order valence-corrected chi connectivity index (χ2v) is 7.97. The zero-order chi connectivity index (χ0) is 18.2. The van der Waals surface area contributed by atoms with Gasteiger partial charge in [-0.3, -0.25) is 9.59 Å². The molecule has 136 valence electrons. The van der Waals surface area contributed by atoms with Crippen molar-refractivity contribution in [3.05, 3.63) is 23.8 Å². The van der Waals surface area contributed by atoms with E-state index < -0.39 is 9.75 Å². The quantitative estimate of drug-likeness (QED) is 0.807. The number of carbonyl (C=O) groups is 2. The molecule has 0 aromatic heterocycles. The molecular weight excluding hydrogens is 367 g/mol. The lowest BCUT2D eigenvalue weighted by atomic mass is 10.1. The van der Waals surface area contributed by atoms with Crippen LogP contribution in [0, 0.1) is 5.41 Å². The molecule has 8 heteroatoms. The average Bonchev–Trinajstić information content (AvgIpc) is 3.14. The highest BCUT2D eigenvalue weighted by Crippen LogP contribution is 2.64. The van der Waals surface area contributed by atoms with Crippen LogP contribution in [0.5, 0.6) is 5.75 Å². The topological polar surface area (TPSA) is 67.9 Å². The van der Waals surface area contributed by atoms with Crippen molar-refractivity contribution in [3.8, 4) is 5.75 Å². The van der Waals surface area contributed by atoms with Crippen LogP contribution in [0.2, 0.25) is 0 Å². The predicted octanol–water partition coefficient (Wildman–Crippen LogP) is 2.69.